The Kier molecular flexibility index (Phi) is 7.09. The molecule has 1 aliphatic heterocycles. The minimum absolute atomic E-state index is 0.0793. The second kappa shape index (κ2) is 9.55. The highest BCUT2D eigenvalue weighted by Gasteiger charge is 2.25. The summed E-state index contributed by atoms with van der Waals surface area (Å²) in [6, 6.07) is 7.05. The van der Waals surface area contributed by atoms with Gasteiger partial charge >= 0.3 is 0 Å². The van der Waals surface area contributed by atoms with Gasteiger partial charge in [0.1, 0.15) is 5.82 Å². The topological polar surface area (TPSA) is 54.9 Å². The molecule has 1 aromatic heterocycles. The maximum absolute atomic E-state index is 13.0. The van der Waals surface area contributed by atoms with Gasteiger partial charge in [0.2, 0.25) is 0 Å². The number of aromatic nitrogens is 1. The zero-order chi connectivity index (χ0) is 21.0. The Labute approximate surface area is 181 Å². The van der Waals surface area contributed by atoms with E-state index in [2.05, 4.69) is 23.7 Å². The van der Waals surface area contributed by atoms with E-state index in [4.69, 9.17) is 32.7 Å². The first-order valence-corrected chi connectivity index (χ1v) is 10.3. The Morgan fingerprint density at radius 2 is 1.90 bits per heavy atom. The lowest BCUT2D eigenvalue weighted by molar-refractivity contribution is 0.0746. The Morgan fingerprint density at radius 1 is 1.17 bits per heavy atom. The molecule has 1 amide bonds. The van der Waals surface area contributed by atoms with Crippen LogP contribution in [0.2, 0.25) is 10.0 Å². The Hall–Kier alpha value is -2.18. The molecule has 0 bridgehead atoms. The summed E-state index contributed by atoms with van der Waals surface area (Å²) in [7, 11) is 1.54. The number of hydrogen-bond donors (Lipinski definition) is 0. The van der Waals surface area contributed by atoms with Crippen molar-refractivity contribution < 1.29 is 14.3 Å². The molecule has 0 radical (unpaired) electrons. The molecule has 8 heteroatoms. The van der Waals surface area contributed by atoms with Gasteiger partial charge in [0.15, 0.2) is 11.5 Å². The first-order chi connectivity index (χ1) is 13.9. The lowest BCUT2D eigenvalue weighted by Gasteiger charge is -2.35. The third-order valence-electron chi connectivity index (χ3n) is 4.64. The lowest BCUT2D eigenvalue weighted by Crippen LogP contribution is -2.49. The number of hydrogen-bond acceptors (Lipinski definition) is 5. The first kappa shape index (κ1) is 21.5. The molecule has 1 aliphatic rings. The Morgan fingerprint density at radius 3 is 2.48 bits per heavy atom. The number of piperazine rings is 1. The highest BCUT2D eigenvalue weighted by molar-refractivity contribution is 6.32. The third kappa shape index (κ3) is 5.25. The number of anilines is 1. The van der Waals surface area contributed by atoms with E-state index in [1.54, 1.807) is 25.4 Å². The maximum atomic E-state index is 13.0. The summed E-state index contributed by atoms with van der Waals surface area (Å²) < 4.78 is 11.2. The van der Waals surface area contributed by atoms with Crippen LogP contribution in [0.5, 0.6) is 11.5 Å². The number of nitrogens with zero attached hydrogens (tertiary/aromatic N) is 3. The van der Waals surface area contributed by atoms with Gasteiger partial charge in [0.25, 0.3) is 5.91 Å². The number of methoxy groups -OCH3 is 1. The number of pyridine rings is 1. The average Bonchev–Trinajstić information content (AvgIpc) is 2.72. The second-order valence-corrected chi connectivity index (χ2v) is 8.15. The van der Waals surface area contributed by atoms with E-state index in [1.807, 2.05) is 17.0 Å². The quantitative estimate of drug-likeness (QED) is 0.670. The summed E-state index contributed by atoms with van der Waals surface area (Å²) in [5.41, 5.74) is 0.488. The zero-order valence-corrected chi connectivity index (χ0v) is 18.3. The minimum Gasteiger partial charge on any atom is -0.493 e. The summed E-state index contributed by atoms with van der Waals surface area (Å²) in [4.78, 5) is 21.3. The van der Waals surface area contributed by atoms with Crippen LogP contribution in [0.25, 0.3) is 0 Å². The fourth-order valence-electron chi connectivity index (χ4n) is 3.11. The van der Waals surface area contributed by atoms with E-state index >= 15 is 0 Å². The van der Waals surface area contributed by atoms with Gasteiger partial charge in [-0.3, -0.25) is 4.79 Å². The number of halogens is 2. The van der Waals surface area contributed by atoms with Crippen LogP contribution in [0.4, 0.5) is 5.82 Å². The molecule has 0 unspecified atom stereocenters. The Bertz CT molecular complexity index is 851. The summed E-state index contributed by atoms with van der Waals surface area (Å²) in [6.07, 6.45) is 1.63. The van der Waals surface area contributed by atoms with Crippen LogP contribution in [0, 0.1) is 5.92 Å². The van der Waals surface area contributed by atoms with Crippen molar-refractivity contribution >= 4 is 34.9 Å². The van der Waals surface area contributed by atoms with Crippen molar-refractivity contribution in [3.8, 4) is 11.5 Å². The SMILES string of the molecule is COc1cc(C(=O)N2CCN(c3ccc(Cl)cn3)CC2)cc(Cl)c1OCC(C)C. The van der Waals surface area contributed by atoms with Crippen molar-refractivity contribution in [1.29, 1.82) is 0 Å². The number of carbonyl (C=O) groups excluding carboxylic acids is 1. The normalized spacial score (nSPS) is 14.3. The summed E-state index contributed by atoms with van der Waals surface area (Å²) in [6.45, 7) is 7.20. The maximum Gasteiger partial charge on any atom is 0.254 e. The van der Waals surface area contributed by atoms with Gasteiger partial charge in [-0.15, -0.1) is 0 Å². The molecule has 1 aromatic carbocycles. The van der Waals surface area contributed by atoms with Crippen molar-refractivity contribution in [3.05, 3.63) is 46.1 Å². The van der Waals surface area contributed by atoms with Crippen molar-refractivity contribution in [3.63, 3.8) is 0 Å². The number of benzene rings is 1. The predicted molar refractivity (Wildman–Crippen MR) is 116 cm³/mol. The van der Waals surface area contributed by atoms with Gasteiger partial charge in [-0.05, 0) is 30.2 Å². The number of ether oxygens (including phenoxy) is 2. The summed E-state index contributed by atoms with van der Waals surface area (Å²) >= 11 is 12.3. The monoisotopic (exact) mass is 437 g/mol. The molecular formula is C21H25Cl2N3O3. The van der Waals surface area contributed by atoms with Gasteiger partial charge in [0, 0.05) is 37.9 Å². The standard InChI is InChI=1S/C21H25Cl2N3O3/c1-14(2)13-29-20-17(23)10-15(11-18(20)28-3)21(27)26-8-6-25(7-9-26)19-5-4-16(22)12-24-19/h4-5,10-12,14H,6-9,13H2,1-3H3. The minimum atomic E-state index is -0.0793. The molecule has 0 atom stereocenters. The van der Waals surface area contributed by atoms with E-state index in [0.29, 0.717) is 65.8 Å². The van der Waals surface area contributed by atoms with Crippen LogP contribution in [0.15, 0.2) is 30.5 Å². The largest absolute Gasteiger partial charge is 0.493 e. The van der Waals surface area contributed by atoms with Crippen LogP contribution in [0.3, 0.4) is 0 Å². The van der Waals surface area contributed by atoms with E-state index < -0.39 is 0 Å². The molecule has 3 rings (SSSR count). The summed E-state index contributed by atoms with van der Waals surface area (Å²) in [5.74, 6) is 2.06. The third-order valence-corrected chi connectivity index (χ3v) is 5.14. The van der Waals surface area contributed by atoms with Gasteiger partial charge in [0.05, 0.1) is 23.8 Å². The fourth-order valence-corrected chi connectivity index (χ4v) is 3.49. The van der Waals surface area contributed by atoms with Crippen LogP contribution in [-0.4, -0.2) is 55.7 Å². The highest BCUT2D eigenvalue weighted by Crippen LogP contribution is 2.37. The van der Waals surface area contributed by atoms with Crippen molar-refractivity contribution in [2.45, 2.75) is 13.8 Å². The van der Waals surface area contributed by atoms with E-state index in [9.17, 15) is 4.79 Å². The molecule has 0 aliphatic carbocycles. The molecule has 29 heavy (non-hydrogen) atoms. The molecular weight excluding hydrogens is 413 g/mol. The van der Waals surface area contributed by atoms with E-state index in [-0.39, 0.29) is 5.91 Å². The molecule has 0 N–H and O–H groups in total. The van der Waals surface area contributed by atoms with Crippen LogP contribution < -0.4 is 14.4 Å². The van der Waals surface area contributed by atoms with Gasteiger partial charge in [-0.2, -0.15) is 0 Å². The molecule has 156 valence electrons. The predicted octanol–water partition coefficient (Wildman–Crippen LogP) is 4.39. The Balaban J connectivity index is 1.69. The van der Waals surface area contributed by atoms with Crippen molar-refractivity contribution in [2.75, 3.05) is 44.8 Å². The molecule has 6 nitrogen and oxygen atoms in total. The zero-order valence-electron chi connectivity index (χ0n) is 16.8. The van der Waals surface area contributed by atoms with Crippen molar-refractivity contribution in [2.24, 2.45) is 5.92 Å². The number of amides is 1. The first-order valence-electron chi connectivity index (χ1n) is 9.55. The fraction of sp³-hybridized carbons (Fsp3) is 0.429. The average molecular weight is 438 g/mol. The molecule has 2 heterocycles. The molecule has 0 spiro atoms. The number of rotatable bonds is 6. The smallest absolute Gasteiger partial charge is 0.254 e. The van der Waals surface area contributed by atoms with Crippen LogP contribution >= 0.6 is 23.2 Å². The molecule has 0 saturated carbocycles. The van der Waals surface area contributed by atoms with Crippen LogP contribution in [0.1, 0.15) is 24.2 Å². The summed E-state index contributed by atoms with van der Waals surface area (Å²) in [5, 5.41) is 0.978. The second-order valence-electron chi connectivity index (χ2n) is 7.31. The van der Waals surface area contributed by atoms with Crippen LogP contribution in [-0.2, 0) is 0 Å². The number of carbonyl (C=O) groups is 1. The molecule has 1 saturated heterocycles. The molecule has 2 aromatic rings. The highest BCUT2D eigenvalue weighted by atomic mass is 35.5. The van der Waals surface area contributed by atoms with E-state index in [1.165, 1.54) is 0 Å². The molecule has 1 fully saturated rings. The van der Waals surface area contributed by atoms with E-state index in [0.717, 1.165) is 5.82 Å². The van der Waals surface area contributed by atoms with Gasteiger partial charge in [-0.1, -0.05) is 37.0 Å². The van der Waals surface area contributed by atoms with Crippen molar-refractivity contribution in [1.82, 2.24) is 9.88 Å². The lowest BCUT2D eigenvalue weighted by atomic mass is 10.1. The van der Waals surface area contributed by atoms with Gasteiger partial charge < -0.3 is 19.3 Å². The van der Waals surface area contributed by atoms with Gasteiger partial charge in [-0.25, -0.2) is 4.98 Å².